The van der Waals surface area contributed by atoms with Crippen LogP contribution in [-0.4, -0.2) is 11.9 Å². The number of hydrogen-bond donors (Lipinski definition) is 2. The molecule has 0 saturated heterocycles. The van der Waals surface area contributed by atoms with Gasteiger partial charge in [0.1, 0.15) is 0 Å². The summed E-state index contributed by atoms with van der Waals surface area (Å²) in [5, 5.41) is 3.50. The molecule has 0 aromatic heterocycles. The molecule has 3 N–H and O–H groups in total. The highest BCUT2D eigenvalue weighted by Gasteiger charge is 2.30. The van der Waals surface area contributed by atoms with Gasteiger partial charge in [0.05, 0.1) is 10.9 Å². The second-order valence-electron chi connectivity index (χ2n) is 4.32. The quantitative estimate of drug-likeness (QED) is 0.880. The summed E-state index contributed by atoms with van der Waals surface area (Å²) in [6, 6.07) is 5.31. The normalized spacial score (nSPS) is 23.7. The minimum absolute atomic E-state index is 0.00391. The minimum atomic E-state index is -0.0653. The summed E-state index contributed by atoms with van der Waals surface area (Å²) in [4.78, 5) is 12.0. The van der Waals surface area contributed by atoms with Crippen LogP contribution in [0.3, 0.4) is 0 Å². The van der Waals surface area contributed by atoms with Gasteiger partial charge in [0.2, 0.25) is 5.91 Å². The van der Waals surface area contributed by atoms with Gasteiger partial charge in [-0.2, -0.15) is 0 Å². The van der Waals surface area contributed by atoms with E-state index in [-0.39, 0.29) is 17.9 Å². The van der Waals surface area contributed by atoms with E-state index in [2.05, 4.69) is 21.2 Å². The fraction of sp³-hybridized carbons (Fsp3) is 0.417. The molecule has 1 aliphatic carbocycles. The third-order valence-electron chi connectivity index (χ3n) is 3.09. The fourth-order valence-electron chi connectivity index (χ4n) is 2.12. The van der Waals surface area contributed by atoms with Crippen molar-refractivity contribution in [3.05, 3.63) is 27.7 Å². The molecule has 0 radical (unpaired) electrons. The van der Waals surface area contributed by atoms with Crippen molar-refractivity contribution in [1.82, 2.24) is 0 Å². The monoisotopic (exact) mass is 316 g/mol. The van der Waals surface area contributed by atoms with E-state index in [1.165, 1.54) is 0 Å². The predicted octanol–water partition coefficient (Wildman–Crippen LogP) is 3.17. The van der Waals surface area contributed by atoms with E-state index in [1.54, 1.807) is 18.2 Å². The molecule has 1 aromatic carbocycles. The summed E-state index contributed by atoms with van der Waals surface area (Å²) in [5.41, 5.74) is 6.64. The zero-order chi connectivity index (χ0) is 12.4. The molecule has 2 unspecified atom stereocenters. The van der Waals surface area contributed by atoms with Gasteiger partial charge in [-0.25, -0.2) is 0 Å². The second-order valence-corrected chi connectivity index (χ2v) is 5.58. The SMILES string of the molecule is NC1CCCC1C(=O)Nc1ccc(Cl)c(Br)c1. The van der Waals surface area contributed by atoms with E-state index in [0.29, 0.717) is 5.02 Å². The highest BCUT2D eigenvalue weighted by molar-refractivity contribution is 9.10. The van der Waals surface area contributed by atoms with Gasteiger partial charge in [0.15, 0.2) is 0 Å². The highest BCUT2D eigenvalue weighted by atomic mass is 79.9. The van der Waals surface area contributed by atoms with Crippen LogP contribution in [0.1, 0.15) is 19.3 Å². The minimum Gasteiger partial charge on any atom is -0.327 e. The number of amides is 1. The third kappa shape index (κ3) is 3.00. The maximum Gasteiger partial charge on any atom is 0.229 e. The van der Waals surface area contributed by atoms with Gasteiger partial charge < -0.3 is 11.1 Å². The average molecular weight is 318 g/mol. The number of carbonyl (C=O) groups is 1. The summed E-state index contributed by atoms with van der Waals surface area (Å²) in [6.45, 7) is 0. The van der Waals surface area contributed by atoms with Crippen molar-refractivity contribution in [2.24, 2.45) is 11.7 Å². The number of anilines is 1. The molecule has 92 valence electrons. The van der Waals surface area contributed by atoms with Crippen molar-refractivity contribution in [2.45, 2.75) is 25.3 Å². The van der Waals surface area contributed by atoms with E-state index in [0.717, 1.165) is 29.4 Å². The fourth-order valence-corrected chi connectivity index (χ4v) is 2.62. The number of benzene rings is 1. The lowest BCUT2D eigenvalue weighted by Gasteiger charge is -2.15. The Balaban J connectivity index is 2.05. The molecule has 17 heavy (non-hydrogen) atoms. The lowest BCUT2D eigenvalue weighted by molar-refractivity contribution is -0.120. The van der Waals surface area contributed by atoms with Crippen molar-refractivity contribution < 1.29 is 4.79 Å². The maximum atomic E-state index is 12.0. The van der Waals surface area contributed by atoms with Gasteiger partial charge in [-0.05, 0) is 47.0 Å². The molecular formula is C12H14BrClN2O. The van der Waals surface area contributed by atoms with Gasteiger partial charge >= 0.3 is 0 Å². The van der Waals surface area contributed by atoms with Gasteiger partial charge in [0, 0.05) is 16.2 Å². The maximum absolute atomic E-state index is 12.0. The molecule has 1 aliphatic rings. The van der Waals surface area contributed by atoms with Crippen LogP contribution in [-0.2, 0) is 4.79 Å². The number of hydrogen-bond acceptors (Lipinski definition) is 2. The Morgan fingerprint density at radius 3 is 2.82 bits per heavy atom. The van der Waals surface area contributed by atoms with Crippen LogP contribution in [0.25, 0.3) is 0 Å². The van der Waals surface area contributed by atoms with E-state index in [1.807, 2.05) is 0 Å². The van der Waals surface area contributed by atoms with Crippen LogP contribution in [0.2, 0.25) is 5.02 Å². The zero-order valence-corrected chi connectivity index (χ0v) is 11.6. The van der Waals surface area contributed by atoms with Gasteiger partial charge in [0.25, 0.3) is 0 Å². The van der Waals surface area contributed by atoms with Gasteiger partial charge in [-0.1, -0.05) is 18.0 Å². The van der Waals surface area contributed by atoms with E-state index < -0.39 is 0 Å². The van der Waals surface area contributed by atoms with Crippen molar-refractivity contribution in [3.63, 3.8) is 0 Å². The highest BCUT2D eigenvalue weighted by Crippen LogP contribution is 2.28. The predicted molar refractivity (Wildman–Crippen MR) is 73.1 cm³/mol. The standard InChI is InChI=1S/C12H14BrClN2O/c13-9-6-7(4-5-10(9)14)16-12(17)8-2-1-3-11(8)15/h4-6,8,11H,1-3,15H2,(H,16,17). The molecule has 1 saturated carbocycles. The van der Waals surface area contributed by atoms with E-state index in [4.69, 9.17) is 17.3 Å². The average Bonchev–Trinajstić information content (AvgIpc) is 2.70. The molecule has 1 aromatic rings. The van der Waals surface area contributed by atoms with Crippen LogP contribution in [0.4, 0.5) is 5.69 Å². The van der Waals surface area contributed by atoms with Crippen LogP contribution < -0.4 is 11.1 Å². The first-order valence-electron chi connectivity index (χ1n) is 5.59. The first-order chi connectivity index (χ1) is 8.08. The first kappa shape index (κ1) is 12.9. The molecule has 0 bridgehead atoms. The Kier molecular flexibility index (Phi) is 4.07. The molecule has 0 spiro atoms. The van der Waals surface area contributed by atoms with Crippen LogP contribution in [0.5, 0.6) is 0 Å². The van der Waals surface area contributed by atoms with E-state index in [9.17, 15) is 4.79 Å². The Hall–Kier alpha value is -0.580. The number of halogens is 2. The van der Waals surface area contributed by atoms with E-state index >= 15 is 0 Å². The molecular weight excluding hydrogens is 304 g/mol. The summed E-state index contributed by atoms with van der Waals surface area (Å²) in [5.74, 6) is -0.0614. The van der Waals surface area contributed by atoms with Gasteiger partial charge in [-0.3, -0.25) is 4.79 Å². The smallest absolute Gasteiger partial charge is 0.229 e. The van der Waals surface area contributed by atoms with Crippen molar-refractivity contribution in [3.8, 4) is 0 Å². The molecule has 0 aliphatic heterocycles. The van der Waals surface area contributed by atoms with Crippen molar-refractivity contribution >= 4 is 39.1 Å². The Morgan fingerprint density at radius 1 is 1.47 bits per heavy atom. The van der Waals surface area contributed by atoms with Crippen LogP contribution >= 0.6 is 27.5 Å². The Bertz CT molecular complexity index is 439. The summed E-state index contributed by atoms with van der Waals surface area (Å²) >= 11 is 9.21. The molecule has 0 heterocycles. The van der Waals surface area contributed by atoms with Crippen LogP contribution in [0, 0.1) is 5.92 Å². The summed E-state index contributed by atoms with van der Waals surface area (Å²) in [6.07, 6.45) is 2.84. The lowest BCUT2D eigenvalue weighted by atomic mass is 10.0. The largest absolute Gasteiger partial charge is 0.327 e. The zero-order valence-electron chi connectivity index (χ0n) is 9.25. The number of rotatable bonds is 2. The molecule has 2 rings (SSSR count). The third-order valence-corrected chi connectivity index (χ3v) is 4.31. The first-order valence-corrected chi connectivity index (χ1v) is 6.76. The van der Waals surface area contributed by atoms with Gasteiger partial charge in [-0.15, -0.1) is 0 Å². The number of carbonyl (C=O) groups excluding carboxylic acids is 1. The molecule has 2 atom stereocenters. The Morgan fingerprint density at radius 2 is 2.24 bits per heavy atom. The molecule has 5 heteroatoms. The molecule has 3 nitrogen and oxygen atoms in total. The summed E-state index contributed by atoms with van der Waals surface area (Å²) in [7, 11) is 0. The second kappa shape index (κ2) is 5.38. The van der Waals surface area contributed by atoms with Crippen LogP contribution in [0.15, 0.2) is 22.7 Å². The topological polar surface area (TPSA) is 55.1 Å². The molecule has 1 amide bonds. The lowest BCUT2D eigenvalue weighted by Crippen LogP contribution is -2.34. The Labute approximate surface area is 114 Å². The number of nitrogens with one attached hydrogen (secondary N) is 1. The molecule has 1 fully saturated rings. The summed E-state index contributed by atoms with van der Waals surface area (Å²) < 4.78 is 0.771. The van der Waals surface area contributed by atoms with Crippen molar-refractivity contribution in [1.29, 1.82) is 0 Å². The van der Waals surface area contributed by atoms with Crippen molar-refractivity contribution in [2.75, 3.05) is 5.32 Å². The number of nitrogens with two attached hydrogens (primary N) is 1.